The van der Waals surface area contributed by atoms with Crippen LogP contribution in [0.4, 0.5) is 5.69 Å². The quantitative estimate of drug-likeness (QED) is 0.508. The molecule has 8 nitrogen and oxygen atoms in total. The molecule has 166 valence electrons. The molecule has 32 heavy (non-hydrogen) atoms. The van der Waals surface area contributed by atoms with Crippen molar-refractivity contribution in [2.24, 2.45) is 0 Å². The fraction of sp³-hybridized carbons (Fsp3) is 0.217. The first-order valence-electron chi connectivity index (χ1n) is 9.88. The Kier molecular flexibility index (Phi) is 6.81. The summed E-state index contributed by atoms with van der Waals surface area (Å²) in [6, 6.07) is 14.7. The summed E-state index contributed by atoms with van der Waals surface area (Å²) in [6.45, 7) is 3.59. The maximum atomic E-state index is 12.9. The lowest BCUT2D eigenvalue weighted by molar-refractivity contribution is -0.115. The number of carbonyl (C=O) groups is 2. The number of hydrogen-bond donors (Lipinski definition) is 2. The molecule has 9 heteroatoms. The maximum absolute atomic E-state index is 12.9. The van der Waals surface area contributed by atoms with E-state index in [-0.39, 0.29) is 28.7 Å². The van der Waals surface area contributed by atoms with Crippen LogP contribution in [0.5, 0.6) is 0 Å². The first-order valence-corrected chi connectivity index (χ1v) is 11.4. The maximum Gasteiger partial charge on any atom is 0.240 e. The minimum Gasteiger partial charge on any atom is -0.324 e. The average molecular weight is 453 g/mol. The number of nitrogens with zero attached hydrogens (tertiary/aromatic N) is 2. The van der Waals surface area contributed by atoms with Crippen LogP contribution < -0.4 is 10.0 Å². The molecule has 0 unspecified atom stereocenters. The smallest absolute Gasteiger partial charge is 0.240 e. The number of benzene rings is 1. The lowest BCUT2D eigenvalue weighted by Gasteiger charge is -2.22. The Hall–Kier alpha value is -3.43. The highest BCUT2D eigenvalue weighted by Crippen LogP contribution is 2.25. The van der Waals surface area contributed by atoms with Gasteiger partial charge in [0.15, 0.2) is 5.78 Å². The summed E-state index contributed by atoms with van der Waals surface area (Å²) in [4.78, 5) is 33.9. The van der Waals surface area contributed by atoms with Crippen LogP contribution in [0.15, 0.2) is 71.9 Å². The van der Waals surface area contributed by atoms with Crippen molar-refractivity contribution in [2.75, 3.05) is 12.4 Å². The third kappa shape index (κ3) is 5.24. The largest absolute Gasteiger partial charge is 0.324 e. The van der Waals surface area contributed by atoms with Crippen LogP contribution in [0.25, 0.3) is 0 Å². The van der Waals surface area contributed by atoms with Gasteiger partial charge in [-0.2, -0.15) is 0 Å². The molecule has 0 aliphatic heterocycles. The van der Waals surface area contributed by atoms with Gasteiger partial charge in [0.25, 0.3) is 0 Å². The van der Waals surface area contributed by atoms with Gasteiger partial charge in [0.05, 0.1) is 34.3 Å². The molecule has 2 N–H and O–H groups in total. The minimum absolute atomic E-state index is 0.0628. The van der Waals surface area contributed by atoms with Gasteiger partial charge in [0.1, 0.15) is 5.69 Å². The van der Waals surface area contributed by atoms with Gasteiger partial charge in [0.2, 0.25) is 15.9 Å². The van der Waals surface area contributed by atoms with Gasteiger partial charge >= 0.3 is 0 Å². The van der Waals surface area contributed by atoms with Gasteiger partial charge in [-0.05, 0) is 62.9 Å². The second kappa shape index (κ2) is 9.37. The summed E-state index contributed by atoms with van der Waals surface area (Å²) in [7, 11) is -2.19. The van der Waals surface area contributed by atoms with Gasteiger partial charge < -0.3 is 5.32 Å². The molecule has 0 atom stereocenters. The minimum atomic E-state index is -3.52. The molecule has 2 heterocycles. The summed E-state index contributed by atoms with van der Waals surface area (Å²) >= 11 is 0. The molecular formula is C23H24N4O4S. The molecule has 3 rings (SSSR count). The lowest BCUT2D eigenvalue weighted by Crippen LogP contribution is -2.30. The highest BCUT2D eigenvalue weighted by Gasteiger charge is 2.32. The Bertz CT molecular complexity index is 1210. The number of aromatic nitrogens is 2. The Morgan fingerprint density at radius 1 is 0.969 bits per heavy atom. The van der Waals surface area contributed by atoms with Crippen molar-refractivity contribution in [1.82, 2.24) is 14.7 Å². The molecule has 0 fully saturated rings. The van der Waals surface area contributed by atoms with Crippen LogP contribution in [0.1, 0.15) is 35.6 Å². The highest BCUT2D eigenvalue weighted by molar-refractivity contribution is 7.89. The molecule has 0 saturated carbocycles. The second-order valence-corrected chi connectivity index (χ2v) is 9.56. The third-order valence-electron chi connectivity index (χ3n) is 5.02. The van der Waals surface area contributed by atoms with Crippen molar-refractivity contribution in [3.05, 3.63) is 83.9 Å². The Morgan fingerprint density at radius 3 is 2.25 bits per heavy atom. The standard InChI is InChI=1S/C23H24N4O4S/c1-23(2,20-6-4-5-13-25-20)22(29)19-12-9-17(15-26-19)27-21(28)14-16-7-10-18(11-8-16)32(30,31)24-3/h4-13,15,24H,14H2,1-3H3,(H,27,28). The molecule has 0 saturated heterocycles. The summed E-state index contributed by atoms with van der Waals surface area (Å²) in [6.07, 6.45) is 3.14. The fourth-order valence-corrected chi connectivity index (χ4v) is 3.80. The number of amides is 1. The Morgan fingerprint density at radius 2 is 1.69 bits per heavy atom. The summed E-state index contributed by atoms with van der Waals surface area (Å²) in [5.74, 6) is -0.463. The first-order chi connectivity index (χ1) is 15.1. The number of rotatable bonds is 8. The number of nitrogens with one attached hydrogen (secondary N) is 2. The van der Waals surface area contributed by atoms with Crippen LogP contribution in [-0.4, -0.2) is 37.1 Å². The predicted octanol–water partition coefficient (Wildman–Crippen LogP) is 2.73. The van der Waals surface area contributed by atoms with E-state index in [4.69, 9.17) is 0 Å². The van der Waals surface area contributed by atoms with Gasteiger partial charge in [-0.25, -0.2) is 13.1 Å². The van der Waals surface area contributed by atoms with E-state index in [9.17, 15) is 18.0 Å². The van der Waals surface area contributed by atoms with Gasteiger partial charge in [-0.3, -0.25) is 19.6 Å². The fourth-order valence-electron chi connectivity index (χ4n) is 3.07. The first kappa shape index (κ1) is 23.2. The van der Waals surface area contributed by atoms with Crippen molar-refractivity contribution >= 4 is 27.4 Å². The van der Waals surface area contributed by atoms with E-state index in [1.807, 2.05) is 6.07 Å². The zero-order chi connectivity index (χ0) is 23.4. The van der Waals surface area contributed by atoms with Crippen LogP contribution >= 0.6 is 0 Å². The zero-order valence-corrected chi connectivity index (χ0v) is 18.8. The number of sulfonamides is 1. The number of ketones is 1. The van der Waals surface area contributed by atoms with Crippen molar-refractivity contribution in [1.29, 1.82) is 0 Å². The van der Waals surface area contributed by atoms with Gasteiger partial charge in [-0.15, -0.1) is 0 Å². The topological polar surface area (TPSA) is 118 Å². The van der Waals surface area contributed by atoms with Crippen molar-refractivity contribution in [2.45, 2.75) is 30.6 Å². The molecule has 0 bridgehead atoms. The van der Waals surface area contributed by atoms with E-state index in [1.165, 1.54) is 25.4 Å². The summed E-state index contributed by atoms with van der Waals surface area (Å²) < 4.78 is 25.8. The second-order valence-electron chi connectivity index (χ2n) is 7.68. The van der Waals surface area contributed by atoms with E-state index >= 15 is 0 Å². The zero-order valence-electron chi connectivity index (χ0n) is 18.0. The molecule has 1 amide bonds. The van der Waals surface area contributed by atoms with Crippen molar-refractivity contribution < 1.29 is 18.0 Å². The molecular weight excluding hydrogens is 428 g/mol. The SMILES string of the molecule is CNS(=O)(=O)c1ccc(CC(=O)Nc2ccc(C(=O)C(C)(C)c3ccccn3)nc2)cc1. The average Bonchev–Trinajstić information content (AvgIpc) is 2.80. The number of anilines is 1. The van der Waals surface area contributed by atoms with E-state index in [1.54, 1.807) is 56.4 Å². The van der Waals surface area contributed by atoms with Gasteiger partial charge in [0, 0.05) is 6.20 Å². The summed E-state index contributed by atoms with van der Waals surface area (Å²) in [5, 5.41) is 2.73. The lowest BCUT2D eigenvalue weighted by atomic mass is 9.82. The summed E-state index contributed by atoms with van der Waals surface area (Å²) in [5.41, 5.74) is 1.20. The van der Waals surface area contributed by atoms with E-state index in [0.29, 0.717) is 16.9 Å². The van der Waals surface area contributed by atoms with Crippen LogP contribution in [0.3, 0.4) is 0 Å². The number of carbonyl (C=O) groups excluding carboxylic acids is 2. The molecule has 0 spiro atoms. The van der Waals surface area contributed by atoms with Gasteiger partial charge in [-0.1, -0.05) is 18.2 Å². The van der Waals surface area contributed by atoms with Crippen molar-refractivity contribution in [3.8, 4) is 0 Å². The van der Waals surface area contributed by atoms with E-state index in [2.05, 4.69) is 20.0 Å². The molecule has 0 radical (unpaired) electrons. The number of Topliss-reactive ketones (excluding diaryl/α,β-unsaturated/α-hetero) is 1. The normalized spacial score (nSPS) is 11.7. The third-order valence-corrected chi connectivity index (χ3v) is 6.45. The number of hydrogen-bond acceptors (Lipinski definition) is 6. The Labute approximate surface area is 187 Å². The van der Waals surface area contributed by atoms with Crippen LogP contribution in [0.2, 0.25) is 0 Å². The van der Waals surface area contributed by atoms with Crippen molar-refractivity contribution in [3.63, 3.8) is 0 Å². The Balaban J connectivity index is 1.64. The monoisotopic (exact) mass is 452 g/mol. The molecule has 2 aromatic heterocycles. The van der Waals surface area contributed by atoms with E-state index in [0.717, 1.165) is 0 Å². The highest BCUT2D eigenvalue weighted by atomic mass is 32.2. The van der Waals surface area contributed by atoms with Crippen LogP contribution in [-0.2, 0) is 26.7 Å². The molecule has 3 aromatic rings. The molecule has 0 aliphatic rings. The van der Waals surface area contributed by atoms with Crippen LogP contribution in [0, 0.1) is 0 Å². The van der Waals surface area contributed by atoms with E-state index < -0.39 is 15.4 Å². The molecule has 0 aliphatic carbocycles. The molecule has 1 aromatic carbocycles. The number of pyridine rings is 2. The predicted molar refractivity (Wildman–Crippen MR) is 121 cm³/mol.